The minimum atomic E-state index is 0.596. The Balaban J connectivity index is 1.52. The predicted molar refractivity (Wildman–Crippen MR) is 86.9 cm³/mol. The van der Waals surface area contributed by atoms with Gasteiger partial charge in [-0.15, -0.1) is 11.3 Å². The number of hydrogen-bond donors (Lipinski definition) is 2. The van der Waals surface area contributed by atoms with Crippen molar-refractivity contribution in [3.05, 3.63) is 41.8 Å². The van der Waals surface area contributed by atoms with Crippen molar-refractivity contribution in [2.45, 2.75) is 46.5 Å². The summed E-state index contributed by atoms with van der Waals surface area (Å²) in [5.41, 5.74) is 1.28. The van der Waals surface area contributed by atoms with Gasteiger partial charge < -0.3 is 10.6 Å². The molecule has 4 heteroatoms. The van der Waals surface area contributed by atoms with Gasteiger partial charge in [-0.2, -0.15) is 0 Å². The summed E-state index contributed by atoms with van der Waals surface area (Å²) in [7, 11) is 0. The van der Waals surface area contributed by atoms with Crippen LogP contribution in [0.2, 0.25) is 0 Å². The number of nitrogens with one attached hydrogen (secondary N) is 2. The van der Waals surface area contributed by atoms with Crippen LogP contribution in [-0.4, -0.2) is 18.1 Å². The summed E-state index contributed by atoms with van der Waals surface area (Å²) in [6, 6.07) is 15.0. The molecule has 0 spiro atoms. The van der Waals surface area contributed by atoms with Crippen molar-refractivity contribution in [1.82, 2.24) is 5.32 Å². The van der Waals surface area contributed by atoms with Crippen LogP contribution in [0.5, 0.6) is 0 Å². The number of para-hydroxylation sites is 1. The normalized spacial score (nSPS) is 27.9. The van der Waals surface area contributed by atoms with E-state index in [1.54, 1.807) is 11.3 Å². The van der Waals surface area contributed by atoms with Gasteiger partial charge in [0.15, 0.2) is 0 Å². The van der Waals surface area contributed by atoms with Crippen molar-refractivity contribution in [2.24, 2.45) is 0 Å². The fraction of sp³-hybridized carbons (Fsp3) is 0.375. The fourth-order valence-corrected chi connectivity index (χ4v) is 5.11. The molecule has 2 bridgehead atoms. The lowest BCUT2D eigenvalue weighted by Gasteiger charge is -2.23. The van der Waals surface area contributed by atoms with Crippen LogP contribution in [0.4, 0.5) is 5.69 Å². The van der Waals surface area contributed by atoms with Crippen molar-refractivity contribution in [3.63, 3.8) is 0 Å². The highest BCUT2D eigenvalue weighted by molar-refractivity contribution is 8.01. The summed E-state index contributed by atoms with van der Waals surface area (Å²) >= 11 is 3.66. The Morgan fingerprint density at radius 3 is 2.85 bits per heavy atom. The summed E-state index contributed by atoms with van der Waals surface area (Å²) in [4.78, 5) is 1.33. The Morgan fingerprint density at radius 2 is 2.10 bits per heavy atom. The van der Waals surface area contributed by atoms with Gasteiger partial charge in [0, 0.05) is 28.7 Å². The van der Waals surface area contributed by atoms with E-state index in [0.29, 0.717) is 12.1 Å². The molecule has 20 heavy (non-hydrogen) atoms. The third-order valence-electron chi connectivity index (χ3n) is 4.23. The molecule has 2 fully saturated rings. The van der Waals surface area contributed by atoms with Gasteiger partial charge in [0.1, 0.15) is 0 Å². The van der Waals surface area contributed by atoms with Crippen LogP contribution in [0, 0.1) is 0 Å². The fourth-order valence-electron chi connectivity index (χ4n) is 3.29. The molecular formula is C16H18N2S2. The Morgan fingerprint density at radius 1 is 1.15 bits per heavy atom. The van der Waals surface area contributed by atoms with Crippen LogP contribution in [-0.2, 0) is 0 Å². The predicted octanol–water partition coefficient (Wildman–Crippen LogP) is 4.20. The standard InChI is InChI=1S/C16H18N2S2/c1-2-5-15(20-16-6-3-9-19-16)13(4-1)18-14-10-11-7-8-12(14)17-11/h1-6,9,11-12,14,17-18H,7-8,10H2/t11-,12+,14-/m1/s1. The molecule has 2 aliphatic heterocycles. The van der Waals surface area contributed by atoms with Crippen molar-refractivity contribution in [3.8, 4) is 0 Å². The van der Waals surface area contributed by atoms with E-state index in [1.165, 1.54) is 34.1 Å². The van der Waals surface area contributed by atoms with E-state index < -0.39 is 0 Å². The molecule has 2 saturated heterocycles. The van der Waals surface area contributed by atoms with Gasteiger partial charge in [-0.3, -0.25) is 0 Å². The molecule has 0 radical (unpaired) electrons. The van der Waals surface area contributed by atoms with Gasteiger partial charge in [-0.25, -0.2) is 0 Å². The van der Waals surface area contributed by atoms with E-state index in [1.807, 2.05) is 11.8 Å². The quantitative estimate of drug-likeness (QED) is 0.885. The van der Waals surface area contributed by atoms with E-state index in [4.69, 9.17) is 0 Å². The molecule has 104 valence electrons. The maximum atomic E-state index is 3.77. The highest BCUT2D eigenvalue weighted by atomic mass is 32.2. The van der Waals surface area contributed by atoms with Crippen molar-refractivity contribution >= 4 is 28.8 Å². The van der Waals surface area contributed by atoms with Crippen LogP contribution in [0.3, 0.4) is 0 Å². The molecule has 3 heterocycles. The zero-order chi connectivity index (χ0) is 13.4. The van der Waals surface area contributed by atoms with Gasteiger partial charge in [-0.1, -0.05) is 30.0 Å². The molecule has 1 aromatic heterocycles. The smallest absolute Gasteiger partial charge is 0.0647 e. The molecule has 2 nitrogen and oxygen atoms in total. The Hall–Kier alpha value is -0.970. The minimum absolute atomic E-state index is 0.596. The first-order valence-corrected chi connectivity index (χ1v) is 8.91. The maximum Gasteiger partial charge on any atom is 0.0647 e. The SMILES string of the molecule is c1csc(Sc2ccccc2N[C@@H]2C[C@H]3CC[C@@H]2N3)c1. The largest absolute Gasteiger partial charge is 0.380 e. The third-order valence-corrected chi connectivity index (χ3v) is 6.35. The van der Waals surface area contributed by atoms with E-state index >= 15 is 0 Å². The summed E-state index contributed by atoms with van der Waals surface area (Å²) in [6.07, 6.45) is 3.94. The molecular weight excluding hydrogens is 284 g/mol. The van der Waals surface area contributed by atoms with E-state index in [-0.39, 0.29) is 0 Å². The van der Waals surface area contributed by atoms with Crippen LogP contribution in [0.25, 0.3) is 0 Å². The molecule has 2 N–H and O–H groups in total. The van der Waals surface area contributed by atoms with E-state index in [0.717, 1.165) is 6.04 Å². The summed E-state index contributed by atoms with van der Waals surface area (Å²) < 4.78 is 1.35. The molecule has 4 rings (SSSR count). The lowest BCUT2D eigenvalue weighted by atomic mass is 9.95. The number of benzene rings is 1. The second-order valence-corrected chi connectivity index (χ2v) is 7.85. The Bertz CT molecular complexity index is 582. The topological polar surface area (TPSA) is 24.1 Å². The molecule has 0 saturated carbocycles. The first-order chi connectivity index (χ1) is 9.88. The van der Waals surface area contributed by atoms with Crippen LogP contribution < -0.4 is 10.6 Å². The lowest BCUT2D eigenvalue weighted by molar-refractivity contribution is 0.527. The molecule has 0 unspecified atom stereocenters. The average molecular weight is 302 g/mol. The second kappa shape index (κ2) is 5.43. The highest BCUT2D eigenvalue weighted by Gasteiger charge is 2.39. The second-order valence-electron chi connectivity index (χ2n) is 5.56. The summed E-state index contributed by atoms with van der Waals surface area (Å²) in [5, 5.41) is 9.61. The van der Waals surface area contributed by atoms with Gasteiger partial charge in [0.2, 0.25) is 0 Å². The Labute approximate surface area is 128 Å². The van der Waals surface area contributed by atoms with Crippen LogP contribution in [0.1, 0.15) is 19.3 Å². The zero-order valence-electron chi connectivity index (χ0n) is 11.2. The van der Waals surface area contributed by atoms with E-state index in [2.05, 4.69) is 52.4 Å². The van der Waals surface area contributed by atoms with Gasteiger partial charge in [-0.05, 0) is 42.8 Å². The molecule has 0 aliphatic carbocycles. The molecule has 2 aliphatic rings. The number of fused-ring (bicyclic) bond motifs is 2. The Kier molecular flexibility index (Phi) is 3.46. The van der Waals surface area contributed by atoms with Crippen LogP contribution >= 0.6 is 23.1 Å². The van der Waals surface area contributed by atoms with Crippen LogP contribution in [0.15, 0.2) is 50.9 Å². The number of thiophene rings is 1. The van der Waals surface area contributed by atoms with E-state index in [9.17, 15) is 0 Å². The number of rotatable bonds is 4. The number of hydrogen-bond acceptors (Lipinski definition) is 4. The molecule has 3 atom stereocenters. The molecule has 0 amide bonds. The monoisotopic (exact) mass is 302 g/mol. The molecule has 2 aromatic rings. The first kappa shape index (κ1) is 12.7. The summed E-state index contributed by atoms with van der Waals surface area (Å²) in [6.45, 7) is 0. The highest BCUT2D eigenvalue weighted by Crippen LogP contribution is 2.38. The van der Waals surface area contributed by atoms with Crippen molar-refractivity contribution in [1.29, 1.82) is 0 Å². The maximum absolute atomic E-state index is 3.77. The third kappa shape index (κ3) is 2.48. The van der Waals surface area contributed by atoms with Gasteiger partial charge >= 0.3 is 0 Å². The number of anilines is 1. The average Bonchev–Trinajstić information content (AvgIpc) is 3.18. The van der Waals surface area contributed by atoms with Crippen molar-refractivity contribution < 1.29 is 0 Å². The minimum Gasteiger partial charge on any atom is -0.380 e. The first-order valence-electron chi connectivity index (χ1n) is 7.21. The summed E-state index contributed by atoms with van der Waals surface area (Å²) in [5.74, 6) is 0. The molecule has 1 aromatic carbocycles. The van der Waals surface area contributed by atoms with Gasteiger partial charge in [0.25, 0.3) is 0 Å². The van der Waals surface area contributed by atoms with Gasteiger partial charge in [0.05, 0.1) is 4.21 Å². The van der Waals surface area contributed by atoms with Crippen molar-refractivity contribution in [2.75, 3.05) is 5.32 Å². The zero-order valence-corrected chi connectivity index (χ0v) is 12.8. The lowest BCUT2D eigenvalue weighted by Crippen LogP contribution is -2.33.